The van der Waals surface area contributed by atoms with Gasteiger partial charge in [-0.2, -0.15) is 5.10 Å². The van der Waals surface area contributed by atoms with Gasteiger partial charge in [0.05, 0.1) is 5.69 Å². The zero-order valence-electron chi connectivity index (χ0n) is 11.6. The van der Waals surface area contributed by atoms with Crippen LogP contribution in [0.1, 0.15) is 42.1 Å². The summed E-state index contributed by atoms with van der Waals surface area (Å²) >= 11 is 0. The van der Waals surface area contributed by atoms with Crippen molar-refractivity contribution >= 4 is 0 Å². The second-order valence-electron chi connectivity index (χ2n) is 5.64. The molecule has 1 aromatic heterocycles. The van der Waals surface area contributed by atoms with E-state index in [9.17, 15) is 5.11 Å². The van der Waals surface area contributed by atoms with Crippen molar-refractivity contribution in [2.45, 2.75) is 38.2 Å². The average molecular weight is 256 g/mol. The highest BCUT2D eigenvalue weighted by molar-refractivity contribution is 5.39. The summed E-state index contributed by atoms with van der Waals surface area (Å²) in [6.07, 6.45) is 6.69. The molecule has 0 aliphatic heterocycles. The maximum absolute atomic E-state index is 10.8. The molecule has 3 rings (SSSR count). The van der Waals surface area contributed by atoms with Crippen molar-refractivity contribution in [1.29, 1.82) is 0 Å². The van der Waals surface area contributed by atoms with Crippen LogP contribution < -0.4 is 0 Å². The Morgan fingerprint density at radius 1 is 1.16 bits per heavy atom. The molecule has 100 valence electrons. The van der Waals surface area contributed by atoms with E-state index >= 15 is 0 Å². The Bertz CT molecular complexity index is 599. The van der Waals surface area contributed by atoms with Gasteiger partial charge < -0.3 is 5.11 Å². The minimum atomic E-state index is -1.02. The SMILES string of the molecule is Cn1ccc(C(C)(O)c2ccc3c(c2)CCCC3)n1. The molecule has 1 N–H and O–H groups in total. The molecular weight excluding hydrogens is 236 g/mol. The van der Waals surface area contributed by atoms with Crippen LogP contribution in [-0.2, 0) is 25.5 Å². The van der Waals surface area contributed by atoms with Gasteiger partial charge in [0, 0.05) is 13.2 Å². The van der Waals surface area contributed by atoms with Crippen molar-refractivity contribution in [3.05, 3.63) is 52.8 Å². The Labute approximate surface area is 113 Å². The first-order chi connectivity index (χ1) is 9.07. The van der Waals surface area contributed by atoms with Crippen molar-refractivity contribution in [2.75, 3.05) is 0 Å². The lowest BCUT2D eigenvalue weighted by Crippen LogP contribution is -2.24. The Hall–Kier alpha value is -1.61. The summed E-state index contributed by atoms with van der Waals surface area (Å²) in [4.78, 5) is 0. The largest absolute Gasteiger partial charge is 0.379 e. The monoisotopic (exact) mass is 256 g/mol. The number of aromatic nitrogens is 2. The number of hydrogen-bond donors (Lipinski definition) is 1. The quantitative estimate of drug-likeness (QED) is 0.896. The van der Waals surface area contributed by atoms with Gasteiger partial charge in [0.15, 0.2) is 0 Å². The van der Waals surface area contributed by atoms with Crippen molar-refractivity contribution in [1.82, 2.24) is 9.78 Å². The summed E-state index contributed by atoms with van der Waals surface area (Å²) in [5, 5.41) is 15.1. The predicted octanol–water partition coefficient (Wildman–Crippen LogP) is 2.55. The van der Waals surface area contributed by atoms with Crippen LogP contribution in [0.5, 0.6) is 0 Å². The Balaban J connectivity index is 2.01. The second kappa shape index (κ2) is 4.49. The van der Waals surface area contributed by atoms with Crippen LogP contribution in [0.3, 0.4) is 0 Å². The van der Waals surface area contributed by atoms with E-state index in [1.165, 1.54) is 30.4 Å². The fourth-order valence-corrected chi connectivity index (χ4v) is 2.86. The fraction of sp³-hybridized carbons (Fsp3) is 0.438. The van der Waals surface area contributed by atoms with E-state index in [-0.39, 0.29) is 0 Å². The molecule has 1 unspecified atom stereocenters. The number of aliphatic hydroxyl groups is 1. The predicted molar refractivity (Wildman–Crippen MR) is 75.0 cm³/mol. The molecule has 0 bridgehead atoms. The summed E-state index contributed by atoms with van der Waals surface area (Å²) in [6, 6.07) is 8.24. The summed E-state index contributed by atoms with van der Waals surface area (Å²) in [7, 11) is 1.87. The molecule has 0 radical (unpaired) electrons. The normalized spacial score (nSPS) is 17.8. The highest BCUT2D eigenvalue weighted by atomic mass is 16.3. The number of aryl methyl sites for hydroxylation is 3. The average Bonchev–Trinajstić information content (AvgIpc) is 2.85. The molecule has 0 saturated carbocycles. The zero-order valence-corrected chi connectivity index (χ0v) is 11.6. The van der Waals surface area contributed by atoms with E-state index < -0.39 is 5.60 Å². The highest BCUT2D eigenvalue weighted by Gasteiger charge is 2.29. The van der Waals surface area contributed by atoms with E-state index in [4.69, 9.17) is 0 Å². The molecule has 0 fully saturated rings. The number of nitrogens with zero attached hydrogens (tertiary/aromatic N) is 2. The van der Waals surface area contributed by atoms with Gasteiger partial charge in [-0.05, 0) is 55.4 Å². The van der Waals surface area contributed by atoms with Crippen molar-refractivity contribution in [2.24, 2.45) is 7.05 Å². The number of fused-ring (bicyclic) bond motifs is 1. The van der Waals surface area contributed by atoms with Gasteiger partial charge in [-0.25, -0.2) is 0 Å². The lowest BCUT2D eigenvalue weighted by atomic mass is 9.85. The summed E-state index contributed by atoms with van der Waals surface area (Å²) in [5.74, 6) is 0. The van der Waals surface area contributed by atoms with Crippen molar-refractivity contribution in [3.8, 4) is 0 Å². The number of benzene rings is 1. The smallest absolute Gasteiger partial charge is 0.130 e. The first-order valence-corrected chi connectivity index (χ1v) is 6.92. The Morgan fingerprint density at radius 2 is 1.89 bits per heavy atom. The standard InChI is InChI=1S/C16H20N2O/c1-16(19,15-9-10-18(2)17-15)14-8-7-12-5-3-4-6-13(12)11-14/h7-11,19H,3-6H2,1-2H3. The van der Waals surface area contributed by atoms with E-state index in [1.807, 2.05) is 32.3 Å². The van der Waals surface area contributed by atoms with Crippen molar-refractivity contribution in [3.63, 3.8) is 0 Å². The van der Waals surface area contributed by atoms with Gasteiger partial charge in [-0.1, -0.05) is 18.2 Å². The Morgan fingerprint density at radius 3 is 2.58 bits per heavy atom. The van der Waals surface area contributed by atoms with Crippen LogP contribution >= 0.6 is 0 Å². The van der Waals surface area contributed by atoms with Crippen LogP contribution in [0, 0.1) is 0 Å². The molecule has 1 aliphatic carbocycles. The van der Waals surface area contributed by atoms with E-state index in [1.54, 1.807) is 4.68 Å². The van der Waals surface area contributed by atoms with E-state index in [0.29, 0.717) is 5.69 Å². The molecule has 3 nitrogen and oxygen atoms in total. The van der Waals surface area contributed by atoms with Crippen molar-refractivity contribution < 1.29 is 5.11 Å². The molecular formula is C16H20N2O. The van der Waals surface area contributed by atoms with Gasteiger partial charge in [-0.3, -0.25) is 4.68 Å². The fourth-order valence-electron chi connectivity index (χ4n) is 2.86. The van der Waals surface area contributed by atoms with Gasteiger partial charge in [0.25, 0.3) is 0 Å². The lowest BCUT2D eigenvalue weighted by Gasteiger charge is -2.24. The van der Waals surface area contributed by atoms with Gasteiger partial charge in [-0.15, -0.1) is 0 Å². The van der Waals surface area contributed by atoms with E-state index in [2.05, 4.69) is 17.2 Å². The topological polar surface area (TPSA) is 38.0 Å². The lowest BCUT2D eigenvalue weighted by molar-refractivity contribution is 0.0966. The first-order valence-electron chi connectivity index (χ1n) is 6.92. The van der Waals surface area contributed by atoms with Gasteiger partial charge >= 0.3 is 0 Å². The molecule has 0 spiro atoms. The summed E-state index contributed by atoms with van der Waals surface area (Å²) in [5.41, 5.74) is 3.44. The van der Waals surface area contributed by atoms with Crippen LogP contribution in [0.4, 0.5) is 0 Å². The Kier molecular flexibility index (Phi) is 2.94. The van der Waals surface area contributed by atoms with Crippen LogP contribution in [-0.4, -0.2) is 14.9 Å². The number of hydrogen-bond acceptors (Lipinski definition) is 2. The molecule has 19 heavy (non-hydrogen) atoms. The minimum absolute atomic E-state index is 0.700. The third kappa shape index (κ3) is 2.19. The number of rotatable bonds is 2. The molecule has 3 heteroatoms. The highest BCUT2D eigenvalue weighted by Crippen LogP contribution is 2.31. The summed E-state index contributed by atoms with van der Waals surface area (Å²) in [6.45, 7) is 1.82. The zero-order chi connectivity index (χ0) is 13.5. The maximum Gasteiger partial charge on any atom is 0.130 e. The third-order valence-corrected chi connectivity index (χ3v) is 4.12. The van der Waals surface area contributed by atoms with Crippen LogP contribution in [0.15, 0.2) is 30.5 Å². The van der Waals surface area contributed by atoms with Crippen LogP contribution in [0.2, 0.25) is 0 Å². The molecule has 1 aliphatic rings. The third-order valence-electron chi connectivity index (χ3n) is 4.12. The maximum atomic E-state index is 10.8. The molecule has 0 saturated heterocycles. The molecule has 1 heterocycles. The molecule has 2 aromatic rings. The van der Waals surface area contributed by atoms with Gasteiger partial charge in [0.2, 0.25) is 0 Å². The summed E-state index contributed by atoms with van der Waals surface area (Å²) < 4.78 is 1.72. The molecule has 0 amide bonds. The van der Waals surface area contributed by atoms with Gasteiger partial charge in [0.1, 0.15) is 5.60 Å². The second-order valence-corrected chi connectivity index (χ2v) is 5.64. The van der Waals surface area contributed by atoms with E-state index in [0.717, 1.165) is 12.0 Å². The first kappa shape index (κ1) is 12.4. The molecule has 1 aromatic carbocycles. The minimum Gasteiger partial charge on any atom is -0.379 e. The molecule has 1 atom stereocenters. The van der Waals surface area contributed by atoms with Crippen LogP contribution in [0.25, 0.3) is 0 Å².